The number of aliphatic carboxylic acids is 1. The predicted molar refractivity (Wildman–Crippen MR) is 235 cm³/mol. The number of ether oxygens (including phenoxy) is 2. The fraction of sp³-hybridized carbons (Fsp3) is 0.761. The quantitative estimate of drug-likeness (QED) is 0.0231. The number of esters is 2. The Morgan fingerprint density at radius 1 is 0.552 bits per heavy atom. The first-order chi connectivity index (χ1) is 28.1. The molecule has 0 aromatic rings. The highest BCUT2D eigenvalue weighted by molar-refractivity contribution is 7.47. The first kappa shape index (κ1) is 55.4. The number of rotatable bonds is 42. The molecule has 0 fully saturated rings. The topological polar surface area (TPSA) is 172 Å². The van der Waals surface area contributed by atoms with E-state index in [9.17, 15) is 23.8 Å². The van der Waals surface area contributed by atoms with Crippen LogP contribution in [-0.4, -0.2) is 59.9 Å². The van der Waals surface area contributed by atoms with E-state index < -0.39 is 51.1 Å². The second kappa shape index (κ2) is 41.2. The second-order valence-corrected chi connectivity index (χ2v) is 16.6. The van der Waals surface area contributed by atoms with Gasteiger partial charge in [0, 0.05) is 12.8 Å². The highest BCUT2D eigenvalue weighted by Crippen LogP contribution is 2.43. The SMILES string of the molecule is CC/C=C/C/C=C/C/C=C/CCCCCCCC(=O)O[C@H](COC(=O)CCCCCCCCCCC/C=C/CCCCCCCC)COP(=O)(O)OC[C@H](N)C(=O)O. The van der Waals surface area contributed by atoms with Crippen molar-refractivity contribution >= 4 is 25.7 Å². The summed E-state index contributed by atoms with van der Waals surface area (Å²) >= 11 is 0. The van der Waals surface area contributed by atoms with E-state index in [0.29, 0.717) is 12.8 Å². The van der Waals surface area contributed by atoms with Gasteiger partial charge in [-0.3, -0.25) is 23.4 Å². The highest BCUT2D eigenvalue weighted by atomic mass is 31.2. The van der Waals surface area contributed by atoms with Gasteiger partial charge in [-0.25, -0.2) is 4.57 Å². The molecule has 336 valence electrons. The van der Waals surface area contributed by atoms with Crippen molar-refractivity contribution in [1.29, 1.82) is 0 Å². The van der Waals surface area contributed by atoms with Crippen molar-refractivity contribution in [2.24, 2.45) is 5.73 Å². The Labute approximate surface area is 352 Å². The van der Waals surface area contributed by atoms with Crippen LogP contribution in [0.4, 0.5) is 0 Å². The molecule has 0 aromatic carbocycles. The molecule has 0 rings (SSSR count). The molecule has 0 aliphatic rings. The molecule has 0 spiro atoms. The zero-order chi connectivity index (χ0) is 42.8. The first-order valence-electron chi connectivity index (χ1n) is 22.7. The number of unbranched alkanes of at least 4 members (excludes halogenated alkanes) is 20. The van der Waals surface area contributed by atoms with Gasteiger partial charge in [-0.05, 0) is 70.6 Å². The van der Waals surface area contributed by atoms with Crippen LogP contribution in [-0.2, 0) is 37.5 Å². The van der Waals surface area contributed by atoms with E-state index in [1.165, 1.54) is 83.5 Å². The molecule has 0 radical (unpaired) electrons. The molecule has 0 aliphatic carbocycles. The Morgan fingerprint density at radius 3 is 1.47 bits per heavy atom. The minimum atomic E-state index is -4.72. The number of carboxylic acids is 1. The Bertz CT molecular complexity index is 1170. The van der Waals surface area contributed by atoms with Crippen molar-refractivity contribution in [1.82, 2.24) is 0 Å². The molecule has 0 saturated heterocycles. The van der Waals surface area contributed by atoms with Crippen LogP contribution in [0.25, 0.3) is 0 Å². The summed E-state index contributed by atoms with van der Waals surface area (Å²) in [4.78, 5) is 46.0. The van der Waals surface area contributed by atoms with E-state index in [2.05, 4.69) is 67.0 Å². The van der Waals surface area contributed by atoms with Gasteiger partial charge < -0.3 is 25.2 Å². The summed E-state index contributed by atoms with van der Waals surface area (Å²) < 4.78 is 32.7. The number of phosphoric ester groups is 1. The van der Waals surface area contributed by atoms with E-state index in [1.807, 2.05) is 0 Å². The molecule has 3 atom stereocenters. The van der Waals surface area contributed by atoms with E-state index in [-0.39, 0.29) is 19.4 Å². The molecule has 0 aliphatic heterocycles. The van der Waals surface area contributed by atoms with Gasteiger partial charge in [0.25, 0.3) is 0 Å². The standard InChI is InChI=1S/C46H82NO10P/c1-3-5-7-9-11-13-15-17-19-20-21-22-24-25-27-29-31-33-35-37-44(48)54-39-42(40-55-58(52,53)56-41-43(47)46(50)51)57-45(49)38-36-34-32-30-28-26-23-18-16-14-12-10-8-6-4-2/h6,8,12,14,17-19,23,42-43H,3-5,7,9-11,13,15-16,20-22,24-41,47H2,1-2H3,(H,50,51)(H,52,53)/b8-6+,14-12+,19-17+,23-18+/t42-,43+/m1/s1. The fourth-order valence-electron chi connectivity index (χ4n) is 6.02. The van der Waals surface area contributed by atoms with Crippen molar-refractivity contribution < 1.29 is 47.5 Å². The average Bonchev–Trinajstić information content (AvgIpc) is 3.20. The van der Waals surface area contributed by atoms with Crippen molar-refractivity contribution in [3.8, 4) is 0 Å². The number of carboxylic acid groups (broad SMARTS) is 1. The van der Waals surface area contributed by atoms with Crippen LogP contribution in [0.1, 0.15) is 194 Å². The molecule has 4 N–H and O–H groups in total. The number of carbonyl (C=O) groups is 3. The number of hydrogen-bond acceptors (Lipinski definition) is 9. The van der Waals surface area contributed by atoms with Crippen LogP contribution < -0.4 is 5.73 Å². The van der Waals surface area contributed by atoms with Gasteiger partial charge in [0.2, 0.25) is 0 Å². The first-order valence-corrected chi connectivity index (χ1v) is 24.2. The molecule has 12 heteroatoms. The maximum atomic E-state index is 12.6. The minimum absolute atomic E-state index is 0.140. The summed E-state index contributed by atoms with van der Waals surface area (Å²) in [5, 5.41) is 8.89. The summed E-state index contributed by atoms with van der Waals surface area (Å²) in [6.45, 7) is 2.67. The monoisotopic (exact) mass is 840 g/mol. The summed E-state index contributed by atoms with van der Waals surface area (Å²) in [7, 11) is -4.72. The second-order valence-electron chi connectivity index (χ2n) is 15.1. The van der Waals surface area contributed by atoms with Gasteiger partial charge in [0.1, 0.15) is 12.6 Å². The molecular formula is C46H82NO10P. The molecule has 58 heavy (non-hydrogen) atoms. The molecular weight excluding hydrogens is 757 g/mol. The lowest BCUT2D eigenvalue weighted by atomic mass is 10.1. The molecule has 0 aromatic heterocycles. The van der Waals surface area contributed by atoms with Gasteiger partial charge >= 0.3 is 25.7 Å². The van der Waals surface area contributed by atoms with Gasteiger partial charge in [-0.15, -0.1) is 0 Å². The third-order valence-corrected chi connectivity index (χ3v) is 10.5. The lowest BCUT2D eigenvalue weighted by molar-refractivity contribution is -0.161. The summed E-state index contributed by atoms with van der Waals surface area (Å²) in [5.74, 6) is -2.40. The van der Waals surface area contributed by atoms with Crippen LogP contribution in [0.2, 0.25) is 0 Å². The van der Waals surface area contributed by atoms with Crippen molar-refractivity contribution in [3.05, 3.63) is 48.6 Å². The van der Waals surface area contributed by atoms with E-state index in [1.54, 1.807) is 0 Å². The molecule has 0 heterocycles. The number of nitrogens with two attached hydrogens (primary N) is 1. The summed E-state index contributed by atoms with van der Waals surface area (Å²) in [6.07, 6.45) is 46.0. The lowest BCUT2D eigenvalue weighted by Crippen LogP contribution is -2.34. The third kappa shape index (κ3) is 40.2. The van der Waals surface area contributed by atoms with Crippen LogP contribution >= 0.6 is 7.82 Å². The highest BCUT2D eigenvalue weighted by Gasteiger charge is 2.28. The van der Waals surface area contributed by atoms with Gasteiger partial charge in [-0.1, -0.05) is 159 Å². The van der Waals surface area contributed by atoms with E-state index >= 15 is 0 Å². The minimum Gasteiger partial charge on any atom is -0.480 e. The average molecular weight is 840 g/mol. The Morgan fingerprint density at radius 2 is 0.966 bits per heavy atom. The Balaban J connectivity index is 4.33. The smallest absolute Gasteiger partial charge is 0.472 e. The third-order valence-electron chi connectivity index (χ3n) is 9.56. The summed E-state index contributed by atoms with van der Waals surface area (Å²) in [5.41, 5.74) is 5.33. The predicted octanol–water partition coefficient (Wildman–Crippen LogP) is 12.2. The van der Waals surface area contributed by atoms with Crippen molar-refractivity contribution in [2.45, 2.75) is 206 Å². The van der Waals surface area contributed by atoms with Gasteiger partial charge in [-0.2, -0.15) is 0 Å². The maximum Gasteiger partial charge on any atom is 0.472 e. The number of allylic oxidation sites excluding steroid dienone is 8. The zero-order valence-corrected chi connectivity index (χ0v) is 37.3. The summed E-state index contributed by atoms with van der Waals surface area (Å²) in [6, 6.07) is -1.53. The van der Waals surface area contributed by atoms with Crippen LogP contribution in [0.5, 0.6) is 0 Å². The van der Waals surface area contributed by atoms with Gasteiger partial charge in [0.15, 0.2) is 6.10 Å². The fourth-order valence-corrected chi connectivity index (χ4v) is 6.79. The molecule has 1 unspecified atom stereocenters. The normalized spacial score (nSPS) is 14.1. The Kier molecular flexibility index (Phi) is 39.4. The Hall–Kier alpha value is -2.56. The number of hydrogen-bond donors (Lipinski definition) is 3. The van der Waals surface area contributed by atoms with E-state index in [0.717, 1.165) is 70.6 Å². The van der Waals surface area contributed by atoms with Crippen molar-refractivity contribution in [3.63, 3.8) is 0 Å². The molecule has 11 nitrogen and oxygen atoms in total. The van der Waals surface area contributed by atoms with Crippen LogP contribution in [0.3, 0.4) is 0 Å². The van der Waals surface area contributed by atoms with Crippen LogP contribution in [0, 0.1) is 0 Å². The number of carbonyl (C=O) groups excluding carboxylic acids is 2. The molecule has 0 bridgehead atoms. The lowest BCUT2D eigenvalue weighted by Gasteiger charge is -2.20. The number of phosphoric acid groups is 1. The molecule has 0 amide bonds. The maximum absolute atomic E-state index is 12.6. The van der Waals surface area contributed by atoms with Crippen molar-refractivity contribution in [2.75, 3.05) is 19.8 Å². The zero-order valence-electron chi connectivity index (χ0n) is 36.4. The molecule has 0 saturated carbocycles. The van der Waals surface area contributed by atoms with Gasteiger partial charge in [0.05, 0.1) is 13.2 Å². The largest absolute Gasteiger partial charge is 0.480 e. The van der Waals surface area contributed by atoms with Crippen LogP contribution in [0.15, 0.2) is 48.6 Å². The van der Waals surface area contributed by atoms with E-state index in [4.69, 9.17) is 24.8 Å².